The Morgan fingerprint density at radius 2 is 1.79 bits per heavy atom. The van der Waals surface area contributed by atoms with Crippen LogP contribution in [0.4, 0.5) is 0 Å². The van der Waals surface area contributed by atoms with Gasteiger partial charge in [-0.05, 0) is 85.4 Å². The Kier molecular flexibility index (Phi) is 5.87. The second-order valence-corrected chi connectivity index (χ2v) is 11.4. The van der Waals surface area contributed by atoms with Crippen molar-refractivity contribution >= 4 is 11.8 Å². The summed E-state index contributed by atoms with van der Waals surface area (Å²) in [7, 11) is 0. The van der Waals surface area contributed by atoms with Crippen LogP contribution in [0.1, 0.15) is 97.3 Å². The molecule has 0 heterocycles. The smallest absolute Gasteiger partial charge is 0.303 e. The van der Waals surface area contributed by atoms with E-state index in [9.17, 15) is 14.7 Å². The summed E-state index contributed by atoms with van der Waals surface area (Å²) in [5.41, 5.74) is 0.379. The minimum Gasteiger partial charge on any atom is -0.481 e. The van der Waals surface area contributed by atoms with Gasteiger partial charge in [-0.15, -0.1) is 0 Å². The average molecular weight is 405 g/mol. The molecule has 0 unspecified atom stereocenters. The van der Waals surface area contributed by atoms with Gasteiger partial charge in [0.2, 0.25) is 0 Å². The van der Waals surface area contributed by atoms with E-state index in [1.54, 1.807) is 0 Å². The van der Waals surface area contributed by atoms with Crippen LogP contribution >= 0.6 is 0 Å². The fourth-order valence-electron chi connectivity index (χ4n) is 8.35. The third kappa shape index (κ3) is 3.68. The highest BCUT2D eigenvalue weighted by atomic mass is 16.4. The van der Waals surface area contributed by atoms with Crippen LogP contribution in [-0.4, -0.2) is 28.1 Å². The van der Waals surface area contributed by atoms with Gasteiger partial charge in [0.1, 0.15) is 5.78 Å². The molecular formula is C25H40O4. The molecule has 2 N–H and O–H groups in total. The van der Waals surface area contributed by atoms with Crippen LogP contribution in [0.15, 0.2) is 0 Å². The molecule has 0 aromatic heterocycles. The topological polar surface area (TPSA) is 74.6 Å². The van der Waals surface area contributed by atoms with E-state index in [1.165, 1.54) is 19.3 Å². The Balaban J connectivity index is 1.54. The van der Waals surface area contributed by atoms with Crippen LogP contribution in [-0.2, 0) is 9.59 Å². The predicted molar refractivity (Wildman–Crippen MR) is 112 cm³/mol. The van der Waals surface area contributed by atoms with Crippen molar-refractivity contribution < 1.29 is 19.8 Å². The monoisotopic (exact) mass is 404 g/mol. The maximum Gasteiger partial charge on any atom is 0.303 e. The molecule has 4 aliphatic carbocycles. The first-order chi connectivity index (χ1) is 13.8. The fourth-order valence-corrected chi connectivity index (χ4v) is 8.35. The Hall–Kier alpha value is -0.900. The number of aliphatic hydroxyl groups excluding tert-OH is 1. The molecule has 4 aliphatic rings. The normalized spacial score (nSPS) is 46.7. The Morgan fingerprint density at radius 1 is 1.03 bits per heavy atom. The number of ketones is 1. The number of hydrogen-bond acceptors (Lipinski definition) is 3. The van der Waals surface area contributed by atoms with Crippen molar-refractivity contribution in [1.29, 1.82) is 0 Å². The molecule has 0 amide bonds. The molecule has 8 atom stereocenters. The number of unbranched alkanes of at least 4 members (excludes halogenated alkanes) is 2. The molecular weight excluding hydrogens is 364 g/mol. The highest BCUT2D eigenvalue weighted by Gasteiger charge is 2.62. The van der Waals surface area contributed by atoms with Gasteiger partial charge >= 0.3 is 5.97 Å². The summed E-state index contributed by atoms with van der Waals surface area (Å²) >= 11 is 0. The lowest BCUT2D eigenvalue weighted by Crippen LogP contribution is -2.57. The van der Waals surface area contributed by atoms with Crippen LogP contribution in [0.3, 0.4) is 0 Å². The fraction of sp³-hybridized carbons (Fsp3) is 0.920. The van der Waals surface area contributed by atoms with Crippen LogP contribution < -0.4 is 0 Å². The molecule has 0 aromatic rings. The maximum atomic E-state index is 12.3. The molecule has 0 radical (unpaired) electrons. The van der Waals surface area contributed by atoms with Gasteiger partial charge in [-0.25, -0.2) is 0 Å². The van der Waals surface area contributed by atoms with E-state index in [-0.39, 0.29) is 17.9 Å². The standard InChI is InChI=1S/C25H40O4/c1-24-12-10-18(26)15-17(24)14-16(6-4-3-5-7-22(28)29)23-19-8-9-21(27)25(19,2)13-11-20(23)24/h16-17,19-21,23,27H,3-15H2,1-2H3,(H,28,29)/t16-,17+,19+,20+,21+,23+,24+,25+/m1/s1. The first kappa shape index (κ1) is 21.3. The molecule has 0 spiro atoms. The Labute approximate surface area is 175 Å². The van der Waals surface area contributed by atoms with Gasteiger partial charge in [0.25, 0.3) is 0 Å². The largest absolute Gasteiger partial charge is 0.481 e. The molecule has 0 saturated heterocycles. The maximum absolute atomic E-state index is 12.3. The zero-order valence-electron chi connectivity index (χ0n) is 18.4. The quantitative estimate of drug-likeness (QED) is 0.595. The number of carbonyl (C=O) groups excluding carboxylic acids is 1. The Morgan fingerprint density at radius 3 is 2.55 bits per heavy atom. The van der Waals surface area contributed by atoms with Gasteiger partial charge in [0.05, 0.1) is 6.10 Å². The number of aliphatic hydroxyl groups is 1. The van der Waals surface area contributed by atoms with Crippen molar-refractivity contribution in [1.82, 2.24) is 0 Å². The van der Waals surface area contributed by atoms with E-state index in [0.29, 0.717) is 40.8 Å². The number of carboxylic acid groups (broad SMARTS) is 1. The molecule has 0 aliphatic heterocycles. The summed E-state index contributed by atoms with van der Waals surface area (Å²) in [6.07, 6.45) is 12.4. The number of Topliss-reactive ketones (excluding diaryl/α,β-unsaturated/α-hetero) is 1. The summed E-state index contributed by atoms with van der Waals surface area (Å²) < 4.78 is 0. The lowest BCUT2D eigenvalue weighted by molar-refractivity contribution is -0.156. The first-order valence-corrected chi connectivity index (χ1v) is 12.2. The molecule has 29 heavy (non-hydrogen) atoms. The molecule has 164 valence electrons. The van der Waals surface area contributed by atoms with Crippen LogP contribution in [0, 0.1) is 40.4 Å². The number of hydrogen-bond donors (Lipinski definition) is 2. The lowest BCUT2D eigenvalue weighted by Gasteiger charge is -2.62. The number of aliphatic carboxylic acids is 1. The number of fused-ring (bicyclic) bond motifs is 5. The van der Waals surface area contributed by atoms with E-state index in [4.69, 9.17) is 5.11 Å². The van der Waals surface area contributed by atoms with Gasteiger partial charge in [-0.1, -0.05) is 33.1 Å². The summed E-state index contributed by atoms with van der Waals surface area (Å²) in [4.78, 5) is 23.1. The van der Waals surface area contributed by atoms with Crippen molar-refractivity contribution in [2.24, 2.45) is 40.4 Å². The minimum absolute atomic E-state index is 0.0798. The molecule has 4 fully saturated rings. The summed E-state index contributed by atoms with van der Waals surface area (Å²) in [5.74, 6) is 2.94. The minimum atomic E-state index is -0.692. The van der Waals surface area contributed by atoms with Crippen LogP contribution in [0.25, 0.3) is 0 Å². The molecule has 4 heteroatoms. The van der Waals surface area contributed by atoms with Gasteiger partial charge in [0, 0.05) is 19.3 Å². The van der Waals surface area contributed by atoms with Crippen molar-refractivity contribution in [3.8, 4) is 0 Å². The van der Waals surface area contributed by atoms with Crippen LogP contribution in [0.5, 0.6) is 0 Å². The third-order valence-corrected chi connectivity index (χ3v) is 10.1. The van der Waals surface area contributed by atoms with Gasteiger partial charge < -0.3 is 10.2 Å². The molecule has 4 saturated carbocycles. The average Bonchev–Trinajstić information content (AvgIpc) is 2.97. The highest BCUT2D eigenvalue weighted by molar-refractivity contribution is 5.79. The summed E-state index contributed by atoms with van der Waals surface area (Å²) in [6, 6.07) is 0. The van der Waals surface area contributed by atoms with Gasteiger partial charge in [-0.2, -0.15) is 0 Å². The third-order valence-electron chi connectivity index (χ3n) is 10.1. The summed E-state index contributed by atoms with van der Waals surface area (Å²) in [6.45, 7) is 4.83. The van der Waals surface area contributed by atoms with E-state index in [1.807, 2.05) is 0 Å². The molecule has 0 bridgehead atoms. The highest BCUT2D eigenvalue weighted by Crippen LogP contribution is 2.67. The van der Waals surface area contributed by atoms with Crippen molar-refractivity contribution in [3.05, 3.63) is 0 Å². The van der Waals surface area contributed by atoms with E-state index < -0.39 is 5.97 Å². The number of carbonyl (C=O) groups is 2. The van der Waals surface area contributed by atoms with Crippen molar-refractivity contribution in [2.45, 2.75) is 103 Å². The number of rotatable bonds is 6. The second kappa shape index (κ2) is 7.98. The lowest BCUT2D eigenvalue weighted by atomic mass is 9.42. The first-order valence-electron chi connectivity index (χ1n) is 12.2. The predicted octanol–water partition coefficient (Wildman–Crippen LogP) is 5.22. The molecule has 0 aromatic carbocycles. The Bertz CT molecular complexity index is 645. The van der Waals surface area contributed by atoms with Crippen molar-refractivity contribution in [2.75, 3.05) is 0 Å². The van der Waals surface area contributed by atoms with E-state index >= 15 is 0 Å². The van der Waals surface area contributed by atoms with Crippen LogP contribution in [0.2, 0.25) is 0 Å². The van der Waals surface area contributed by atoms with Crippen molar-refractivity contribution in [3.63, 3.8) is 0 Å². The zero-order valence-corrected chi connectivity index (χ0v) is 18.4. The van der Waals surface area contributed by atoms with E-state index in [2.05, 4.69) is 13.8 Å². The number of carboxylic acids is 1. The second-order valence-electron chi connectivity index (χ2n) is 11.4. The van der Waals surface area contributed by atoms with E-state index in [0.717, 1.165) is 57.8 Å². The SMILES string of the molecule is C[C@]12CCC(=O)C[C@@H]1C[C@@H](CCCCCC(=O)O)[C@@H]1[C@@H]2CC[C@]2(C)[C@@H](O)CC[C@@H]12. The zero-order chi connectivity index (χ0) is 20.8. The molecule has 4 rings (SSSR count). The van der Waals surface area contributed by atoms with Gasteiger partial charge in [0.15, 0.2) is 0 Å². The van der Waals surface area contributed by atoms with Gasteiger partial charge in [-0.3, -0.25) is 9.59 Å². The summed E-state index contributed by atoms with van der Waals surface area (Å²) in [5, 5.41) is 19.7. The molecule has 4 nitrogen and oxygen atoms in total.